The van der Waals surface area contributed by atoms with Gasteiger partial charge in [-0.1, -0.05) is 12.1 Å². The Morgan fingerprint density at radius 1 is 1.15 bits per heavy atom. The first-order chi connectivity index (χ1) is 12.7. The van der Waals surface area contributed by atoms with Gasteiger partial charge in [0.2, 0.25) is 5.95 Å². The van der Waals surface area contributed by atoms with Gasteiger partial charge < -0.3 is 15.5 Å². The van der Waals surface area contributed by atoms with Crippen LogP contribution in [0.3, 0.4) is 0 Å². The van der Waals surface area contributed by atoms with Gasteiger partial charge in [0.05, 0.1) is 6.54 Å². The second-order valence-corrected chi connectivity index (χ2v) is 6.82. The smallest absolute Gasteiger partial charge is 0.225 e. The molecule has 1 saturated carbocycles. The van der Waals surface area contributed by atoms with Crippen molar-refractivity contribution in [2.75, 3.05) is 31.1 Å². The highest BCUT2D eigenvalue weighted by molar-refractivity contribution is 5.78. The third kappa shape index (κ3) is 3.76. The molecule has 1 aromatic heterocycles. The highest BCUT2D eigenvalue weighted by atomic mass is 19.1. The van der Waals surface area contributed by atoms with Crippen molar-refractivity contribution in [3.8, 4) is 0 Å². The molecular weight excluding hydrogens is 331 g/mol. The Morgan fingerprint density at radius 3 is 2.54 bits per heavy atom. The summed E-state index contributed by atoms with van der Waals surface area (Å²) in [6.45, 7) is 3.33. The Bertz CT molecular complexity index is 782. The number of aliphatic imine (C=N–C) groups is 1. The van der Waals surface area contributed by atoms with Crippen LogP contribution in [-0.2, 0) is 6.54 Å². The van der Waals surface area contributed by atoms with E-state index in [2.05, 4.69) is 19.9 Å². The van der Waals surface area contributed by atoms with Crippen LogP contribution in [0, 0.1) is 5.82 Å². The number of anilines is 1. The Morgan fingerprint density at radius 2 is 1.88 bits per heavy atom. The second kappa shape index (κ2) is 7.27. The first-order valence-corrected chi connectivity index (χ1v) is 9.06. The lowest BCUT2D eigenvalue weighted by molar-refractivity contribution is 0.378. The first kappa shape index (κ1) is 16.8. The van der Waals surface area contributed by atoms with Crippen LogP contribution in [0.4, 0.5) is 10.3 Å². The molecule has 0 amide bonds. The first-order valence-electron chi connectivity index (χ1n) is 9.06. The summed E-state index contributed by atoms with van der Waals surface area (Å²) in [5.41, 5.74) is 7.81. The standard InChI is InChI=1S/C19H23FN6/c20-17-12-15(14-2-3-14)4-5-16(17)13-24-18(21)25-8-10-26(11-9-25)19-22-6-1-7-23-19/h1,4-7,12,14H,2-3,8-11,13H2,(H2,21,24). The summed E-state index contributed by atoms with van der Waals surface area (Å²) in [4.78, 5) is 17.1. The maximum absolute atomic E-state index is 14.2. The lowest BCUT2D eigenvalue weighted by atomic mass is 10.1. The molecule has 1 saturated heterocycles. The van der Waals surface area contributed by atoms with Crippen LogP contribution in [0.2, 0.25) is 0 Å². The van der Waals surface area contributed by atoms with Gasteiger partial charge in [-0.2, -0.15) is 0 Å². The third-order valence-electron chi connectivity index (χ3n) is 4.98. The van der Waals surface area contributed by atoms with Crippen molar-refractivity contribution < 1.29 is 4.39 Å². The van der Waals surface area contributed by atoms with Crippen molar-refractivity contribution in [3.63, 3.8) is 0 Å². The van der Waals surface area contributed by atoms with Gasteiger partial charge in [0.1, 0.15) is 5.82 Å². The molecule has 2 fully saturated rings. The molecule has 1 aliphatic heterocycles. The van der Waals surface area contributed by atoms with Gasteiger partial charge in [-0.15, -0.1) is 0 Å². The van der Waals surface area contributed by atoms with Gasteiger partial charge in [-0.25, -0.2) is 19.4 Å². The summed E-state index contributed by atoms with van der Waals surface area (Å²) in [7, 11) is 0. The average Bonchev–Trinajstić information content (AvgIpc) is 3.53. The number of nitrogens with zero attached hydrogens (tertiary/aromatic N) is 5. The third-order valence-corrected chi connectivity index (χ3v) is 4.98. The van der Waals surface area contributed by atoms with Gasteiger partial charge >= 0.3 is 0 Å². The fourth-order valence-corrected chi connectivity index (χ4v) is 3.22. The summed E-state index contributed by atoms with van der Waals surface area (Å²) >= 11 is 0. The lowest BCUT2D eigenvalue weighted by Crippen LogP contribution is -2.51. The molecule has 1 aliphatic carbocycles. The van der Waals surface area contributed by atoms with E-state index in [0.717, 1.165) is 37.7 Å². The Labute approximate surface area is 152 Å². The van der Waals surface area contributed by atoms with E-state index in [-0.39, 0.29) is 12.4 Å². The minimum absolute atomic E-state index is 0.183. The van der Waals surface area contributed by atoms with Crippen molar-refractivity contribution in [1.82, 2.24) is 14.9 Å². The van der Waals surface area contributed by atoms with Crippen molar-refractivity contribution in [3.05, 3.63) is 53.6 Å². The molecule has 136 valence electrons. The fraction of sp³-hybridized carbons (Fsp3) is 0.421. The topological polar surface area (TPSA) is 70.6 Å². The van der Waals surface area contributed by atoms with Gasteiger partial charge in [0.25, 0.3) is 0 Å². The molecule has 2 aliphatic rings. The molecule has 2 aromatic rings. The van der Waals surface area contributed by atoms with Crippen molar-refractivity contribution in [2.24, 2.45) is 10.7 Å². The zero-order chi connectivity index (χ0) is 17.9. The zero-order valence-electron chi connectivity index (χ0n) is 14.7. The van der Waals surface area contributed by atoms with E-state index in [9.17, 15) is 4.39 Å². The normalized spacial score (nSPS) is 18.3. The summed E-state index contributed by atoms with van der Waals surface area (Å²) < 4.78 is 14.2. The lowest BCUT2D eigenvalue weighted by Gasteiger charge is -2.35. The maximum Gasteiger partial charge on any atom is 0.225 e. The summed E-state index contributed by atoms with van der Waals surface area (Å²) in [5.74, 6) is 1.57. The van der Waals surface area contributed by atoms with Crippen molar-refractivity contribution >= 4 is 11.9 Å². The number of benzene rings is 1. The number of rotatable bonds is 4. The molecule has 1 aromatic carbocycles. The number of hydrogen-bond donors (Lipinski definition) is 1. The summed E-state index contributed by atoms with van der Waals surface area (Å²) in [6.07, 6.45) is 5.83. The molecule has 2 N–H and O–H groups in total. The van der Waals surface area contributed by atoms with E-state index in [1.165, 1.54) is 12.8 Å². The van der Waals surface area contributed by atoms with Gasteiger partial charge in [-0.3, -0.25) is 0 Å². The van der Waals surface area contributed by atoms with E-state index in [1.807, 2.05) is 17.0 Å². The maximum atomic E-state index is 14.2. The molecular formula is C19H23FN6. The summed E-state index contributed by atoms with van der Waals surface area (Å²) in [6, 6.07) is 7.31. The van der Waals surface area contributed by atoms with E-state index >= 15 is 0 Å². The molecule has 0 atom stereocenters. The molecule has 0 spiro atoms. The number of piperazine rings is 1. The largest absolute Gasteiger partial charge is 0.370 e. The van der Waals surface area contributed by atoms with Gasteiger partial charge in [-0.05, 0) is 36.5 Å². The SMILES string of the molecule is NC(=NCc1ccc(C2CC2)cc1F)N1CCN(c2ncccn2)CC1. The van der Waals surface area contributed by atoms with Crippen LogP contribution >= 0.6 is 0 Å². The van der Waals surface area contributed by atoms with Crippen LogP contribution in [0.1, 0.15) is 29.9 Å². The quantitative estimate of drug-likeness (QED) is 0.673. The summed E-state index contributed by atoms with van der Waals surface area (Å²) in [5, 5.41) is 0. The molecule has 0 unspecified atom stereocenters. The van der Waals surface area contributed by atoms with Crippen LogP contribution in [0.25, 0.3) is 0 Å². The van der Waals surface area contributed by atoms with Crippen molar-refractivity contribution in [1.29, 1.82) is 0 Å². The number of halogens is 1. The predicted molar refractivity (Wildman–Crippen MR) is 99.5 cm³/mol. The minimum atomic E-state index is -0.183. The molecule has 0 bridgehead atoms. The van der Waals surface area contributed by atoms with Crippen LogP contribution in [-0.4, -0.2) is 47.0 Å². The Balaban J connectivity index is 1.34. The number of nitrogens with two attached hydrogens (primary N) is 1. The molecule has 6 nitrogen and oxygen atoms in total. The van der Waals surface area contributed by atoms with E-state index in [0.29, 0.717) is 17.4 Å². The Hall–Kier alpha value is -2.70. The van der Waals surface area contributed by atoms with Crippen LogP contribution in [0.15, 0.2) is 41.7 Å². The highest BCUT2D eigenvalue weighted by Crippen LogP contribution is 2.40. The minimum Gasteiger partial charge on any atom is -0.370 e. The average molecular weight is 354 g/mol. The van der Waals surface area contributed by atoms with Gasteiger partial charge in [0, 0.05) is 44.1 Å². The molecule has 7 heteroatoms. The highest BCUT2D eigenvalue weighted by Gasteiger charge is 2.24. The zero-order valence-corrected chi connectivity index (χ0v) is 14.7. The number of aromatic nitrogens is 2. The van der Waals surface area contributed by atoms with E-state index in [4.69, 9.17) is 5.73 Å². The second-order valence-electron chi connectivity index (χ2n) is 6.82. The van der Waals surface area contributed by atoms with Gasteiger partial charge in [0.15, 0.2) is 5.96 Å². The Kier molecular flexibility index (Phi) is 4.69. The van der Waals surface area contributed by atoms with Crippen LogP contribution < -0.4 is 10.6 Å². The van der Waals surface area contributed by atoms with Crippen LogP contribution in [0.5, 0.6) is 0 Å². The number of guanidine groups is 1. The van der Waals surface area contributed by atoms with E-state index in [1.54, 1.807) is 24.5 Å². The molecule has 4 rings (SSSR count). The number of hydrogen-bond acceptors (Lipinski definition) is 4. The molecule has 2 heterocycles. The van der Waals surface area contributed by atoms with E-state index < -0.39 is 0 Å². The monoisotopic (exact) mass is 354 g/mol. The predicted octanol–water partition coefficient (Wildman–Crippen LogP) is 2.13. The molecule has 0 radical (unpaired) electrons. The molecule has 26 heavy (non-hydrogen) atoms. The van der Waals surface area contributed by atoms with Crippen molar-refractivity contribution in [2.45, 2.75) is 25.3 Å². The fourth-order valence-electron chi connectivity index (χ4n) is 3.22.